The summed E-state index contributed by atoms with van der Waals surface area (Å²) in [4.78, 5) is 5.92. The van der Waals surface area contributed by atoms with Crippen molar-refractivity contribution in [3.8, 4) is 0 Å². The first kappa shape index (κ1) is 19.7. The normalized spacial score (nSPS) is 22.6. The first-order valence-corrected chi connectivity index (χ1v) is 8.71. The monoisotopic (exact) mass is 403 g/mol. The number of hydrogen-bond acceptors (Lipinski definition) is 3. The molecule has 0 aliphatic carbocycles. The molecule has 3 rings (SSSR count). The van der Waals surface area contributed by atoms with Crippen LogP contribution in [-0.4, -0.2) is 24.3 Å². The molecule has 27 heavy (non-hydrogen) atoms. The maximum Gasteiger partial charge on any atom is 0.416 e. The van der Waals surface area contributed by atoms with Crippen molar-refractivity contribution in [2.75, 3.05) is 19.5 Å². The highest BCUT2D eigenvalue weighted by Gasteiger charge is 2.43. The summed E-state index contributed by atoms with van der Waals surface area (Å²) in [6, 6.07) is 8.35. The molecule has 144 valence electrons. The van der Waals surface area contributed by atoms with E-state index in [2.05, 4.69) is 5.32 Å². The Hall–Kier alpha value is -2.10. The molecule has 2 aromatic rings. The van der Waals surface area contributed by atoms with Crippen LogP contribution in [0.15, 0.2) is 48.7 Å². The second-order valence-corrected chi connectivity index (χ2v) is 7.15. The lowest BCUT2D eigenvalue weighted by molar-refractivity contribution is -1.05. The van der Waals surface area contributed by atoms with Crippen molar-refractivity contribution in [1.82, 2.24) is 0 Å². The Labute approximate surface area is 157 Å². The van der Waals surface area contributed by atoms with Gasteiger partial charge in [0.15, 0.2) is 0 Å². The van der Waals surface area contributed by atoms with Gasteiger partial charge in [-0.3, -0.25) is 0 Å². The van der Waals surface area contributed by atoms with Gasteiger partial charge in [-0.05, 0) is 41.6 Å². The van der Waals surface area contributed by atoms with Gasteiger partial charge in [0, 0.05) is 0 Å². The number of hydrogen-bond donors (Lipinski definition) is 1. The number of benzene rings is 2. The minimum absolute atomic E-state index is 0.232. The average Bonchev–Trinajstić information content (AvgIpc) is 2.95. The van der Waals surface area contributed by atoms with Crippen molar-refractivity contribution in [2.24, 2.45) is 0 Å². The van der Waals surface area contributed by atoms with Crippen LogP contribution in [0.25, 0.3) is 4.91 Å². The molecule has 2 aromatic carbocycles. The topological polar surface area (TPSA) is 21.3 Å². The Morgan fingerprint density at radius 2 is 1.70 bits per heavy atom. The molecule has 0 amide bonds. The van der Waals surface area contributed by atoms with E-state index < -0.39 is 28.9 Å². The molecule has 0 aromatic heterocycles. The predicted molar refractivity (Wildman–Crippen MR) is 94.0 cm³/mol. The Morgan fingerprint density at radius 1 is 1.07 bits per heavy atom. The van der Waals surface area contributed by atoms with Crippen molar-refractivity contribution in [1.29, 1.82) is 0 Å². The number of anilines is 1. The van der Waals surface area contributed by atoms with Gasteiger partial charge in [-0.25, -0.2) is 8.78 Å². The Bertz CT molecular complexity index is 866. The highest BCUT2D eigenvalue weighted by atomic mass is 32.2. The standard InChI is InChI=1S/C18H16F5N2OS/c1-25(26-2)10-15(11-5-3-6-12(9-11)18(21,22)23)27-17(25)24-16-13(19)7-4-8-14(16)20/h3-10,17,24H,1-2H3/q+1. The van der Waals surface area contributed by atoms with Crippen LogP contribution in [0.2, 0.25) is 0 Å². The third-order valence-corrected chi connectivity index (χ3v) is 5.53. The number of halogens is 5. The van der Waals surface area contributed by atoms with E-state index in [-0.39, 0.29) is 10.3 Å². The Kier molecular flexibility index (Phi) is 5.20. The molecule has 2 unspecified atom stereocenters. The summed E-state index contributed by atoms with van der Waals surface area (Å²) in [5, 5.41) is 2.75. The number of para-hydroxylation sites is 1. The lowest BCUT2D eigenvalue weighted by Gasteiger charge is -2.29. The number of alkyl halides is 3. The summed E-state index contributed by atoms with van der Waals surface area (Å²) < 4.78 is 66.6. The second kappa shape index (κ2) is 7.14. The summed E-state index contributed by atoms with van der Waals surface area (Å²) in [5.74, 6) is -1.54. The number of thioether (sulfide) groups is 1. The van der Waals surface area contributed by atoms with Crippen molar-refractivity contribution in [2.45, 2.75) is 11.7 Å². The smallest absolute Gasteiger partial charge is 0.319 e. The Morgan fingerprint density at radius 3 is 2.30 bits per heavy atom. The van der Waals surface area contributed by atoms with Gasteiger partial charge in [0.05, 0.1) is 17.6 Å². The number of nitrogens with zero attached hydrogens (tertiary/aromatic N) is 1. The molecule has 1 N–H and O–H groups in total. The maximum atomic E-state index is 14.0. The molecular weight excluding hydrogens is 387 g/mol. The fourth-order valence-corrected chi connectivity index (χ4v) is 3.92. The molecular formula is C18H16F5N2OS+. The van der Waals surface area contributed by atoms with E-state index in [4.69, 9.17) is 4.84 Å². The minimum atomic E-state index is -4.47. The molecule has 0 radical (unpaired) electrons. The van der Waals surface area contributed by atoms with Gasteiger partial charge in [-0.2, -0.15) is 18.0 Å². The molecule has 0 saturated carbocycles. The largest absolute Gasteiger partial charge is 0.416 e. The molecule has 1 aliphatic heterocycles. The predicted octanol–water partition coefficient (Wildman–Crippen LogP) is 5.43. The quantitative estimate of drug-likeness (QED) is 0.543. The highest BCUT2D eigenvalue weighted by molar-refractivity contribution is 8.09. The first-order chi connectivity index (χ1) is 12.6. The summed E-state index contributed by atoms with van der Waals surface area (Å²) in [7, 11) is 3.03. The van der Waals surface area contributed by atoms with Gasteiger partial charge in [0.25, 0.3) is 0 Å². The maximum absolute atomic E-state index is 14.0. The molecule has 0 saturated heterocycles. The van der Waals surface area contributed by atoms with Gasteiger partial charge in [0.1, 0.15) is 30.6 Å². The van der Waals surface area contributed by atoms with Crippen LogP contribution in [0.5, 0.6) is 0 Å². The lowest BCUT2D eigenvalue weighted by Crippen LogP contribution is -2.46. The molecule has 0 spiro atoms. The van der Waals surface area contributed by atoms with Crippen LogP contribution >= 0.6 is 11.8 Å². The number of nitrogens with one attached hydrogen (secondary N) is 1. The highest BCUT2D eigenvalue weighted by Crippen LogP contribution is 2.45. The van der Waals surface area contributed by atoms with Crippen molar-refractivity contribution >= 4 is 22.4 Å². The van der Waals surface area contributed by atoms with Crippen LogP contribution in [0.3, 0.4) is 0 Å². The molecule has 0 bridgehead atoms. The van der Waals surface area contributed by atoms with E-state index in [0.29, 0.717) is 10.5 Å². The van der Waals surface area contributed by atoms with Crippen LogP contribution in [0, 0.1) is 11.6 Å². The molecule has 9 heteroatoms. The van der Waals surface area contributed by atoms with Crippen LogP contribution in [0.4, 0.5) is 27.6 Å². The van der Waals surface area contributed by atoms with E-state index in [1.807, 2.05) is 0 Å². The lowest BCUT2D eigenvalue weighted by atomic mass is 10.1. The van der Waals surface area contributed by atoms with Gasteiger partial charge < -0.3 is 5.32 Å². The van der Waals surface area contributed by atoms with E-state index in [0.717, 1.165) is 36.0 Å². The van der Waals surface area contributed by atoms with Gasteiger partial charge in [-0.1, -0.05) is 18.2 Å². The van der Waals surface area contributed by atoms with Crippen molar-refractivity contribution < 1.29 is 31.4 Å². The van der Waals surface area contributed by atoms with Crippen LogP contribution < -0.4 is 5.32 Å². The van der Waals surface area contributed by atoms with E-state index in [9.17, 15) is 22.0 Å². The minimum Gasteiger partial charge on any atom is -0.319 e. The number of quaternary nitrogens is 1. The summed E-state index contributed by atoms with van der Waals surface area (Å²) in [6.07, 6.45) is -2.87. The zero-order chi connectivity index (χ0) is 19.8. The third-order valence-electron chi connectivity index (χ3n) is 4.18. The zero-order valence-corrected chi connectivity index (χ0v) is 15.2. The molecule has 1 heterocycles. The summed E-state index contributed by atoms with van der Waals surface area (Å²) in [6.45, 7) is 0. The zero-order valence-electron chi connectivity index (χ0n) is 14.3. The van der Waals surface area contributed by atoms with Gasteiger partial charge in [0.2, 0.25) is 5.50 Å². The van der Waals surface area contributed by atoms with Crippen LogP contribution in [-0.2, 0) is 11.0 Å². The van der Waals surface area contributed by atoms with E-state index in [1.165, 1.54) is 19.2 Å². The number of hydroxylamine groups is 3. The fourth-order valence-electron chi connectivity index (χ4n) is 2.61. The van der Waals surface area contributed by atoms with E-state index >= 15 is 0 Å². The van der Waals surface area contributed by atoms with Crippen molar-refractivity contribution in [3.63, 3.8) is 0 Å². The van der Waals surface area contributed by atoms with Gasteiger partial charge >= 0.3 is 6.18 Å². The molecule has 1 aliphatic rings. The SMILES string of the molecule is CO[N+]1(C)C=C(c2cccc(C(F)(F)F)c2)SC1Nc1c(F)cccc1F. The fraction of sp³-hybridized carbons (Fsp3) is 0.222. The Balaban J connectivity index is 1.92. The summed E-state index contributed by atoms with van der Waals surface area (Å²) >= 11 is 1.12. The second-order valence-electron chi connectivity index (χ2n) is 6.02. The van der Waals surface area contributed by atoms with Crippen LogP contribution in [0.1, 0.15) is 11.1 Å². The molecule has 3 nitrogen and oxygen atoms in total. The van der Waals surface area contributed by atoms with Crippen molar-refractivity contribution in [3.05, 3.63) is 71.4 Å². The van der Waals surface area contributed by atoms with Gasteiger partial charge in [-0.15, -0.1) is 4.65 Å². The molecule has 0 fully saturated rings. The average molecular weight is 403 g/mol. The first-order valence-electron chi connectivity index (χ1n) is 7.83. The molecule has 2 atom stereocenters. The third kappa shape index (κ3) is 3.95. The summed E-state index contributed by atoms with van der Waals surface area (Å²) in [5.41, 5.74) is -1.46. The number of rotatable bonds is 4. The van der Waals surface area contributed by atoms with E-state index in [1.54, 1.807) is 19.3 Å².